The second kappa shape index (κ2) is 5.33. The van der Waals surface area contributed by atoms with E-state index in [1.807, 2.05) is 6.92 Å². The Kier molecular flexibility index (Phi) is 3.98. The number of aromatic amines is 1. The van der Waals surface area contributed by atoms with Gasteiger partial charge in [-0.2, -0.15) is 5.10 Å². The summed E-state index contributed by atoms with van der Waals surface area (Å²) in [7, 11) is -2.92. The van der Waals surface area contributed by atoms with Crippen LogP contribution >= 0.6 is 0 Å². The fourth-order valence-corrected chi connectivity index (χ4v) is 2.45. The van der Waals surface area contributed by atoms with Gasteiger partial charge in [0.15, 0.2) is 5.82 Å². The van der Waals surface area contributed by atoms with Gasteiger partial charge in [0.25, 0.3) is 0 Å². The molecule has 1 aromatic heterocycles. The normalized spacial score (nSPS) is 22.2. The summed E-state index contributed by atoms with van der Waals surface area (Å²) in [5, 5.41) is 6.86. The summed E-state index contributed by atoms with van der Waals surface area (Å²) in [4.78, 5) is 6.31. The molecule has 0 unspecified atom stereocenters. The first-order chi connectivity index (χ1) is 8.44. The topological polar surface area (TPSA) is 88.2 Å². The van der Waals surface area contributed by atoms with E-state index in [0.29, 0.717) is 25.5 Å². The maximum atomic E-state index is 11.1. The number of nitrogens with one attached hydrogen (secondary N) is 1. The van der Waals surface area contributed by atoms with Crippen LogP contribution in [0.1, 0.15) is 17.8 Å². The molecule has 0 aliphatic carbocycles. The summed E-state index contributed by atoms with van der Waals surface area (Å²) < 4.78 is 27.9. The van der Waals surface area contributed by atoms with Crippen molar-refractivity contribution in [1.29, 1.82) is 0 Å². The Bertz CT molecular complexity index is 499. The third-order valence-corrected chi connectivity index (χ3v) is 3.76. The monoisotopic (exact) mass is 274 g/mol. The Labute approximate surface area is 106 Å². The van der Waals surface area contributed by atoms with Gasteiger partial charge in [0.05, 0.1) is 12.4 Å². The van der Waals surface area contributed by atoms with E-state index in [0.717, 1.165) is 12.4 Å². The zero-order valence-electron chi connectivity index (χ0n) is 10.6. The Morgan fingerprint density at radius 3 is 2.94 bits per heavy atom. The number of aromatic nitrogens is 3. The van der Waals surface area contributed by atoms with Crippen molar-refractivity contribution >= 4 is 9.84 Å². The molecule has 1 atom stereocenters. The zero-order chi connectivity index (χ0) is 13.2. The summed E-state index contributed by atoms with van der Waals surface area (Å²) >= 11 is 0. The highest BCUT2D eigenvalue weighted by Crippen LogP contribution is 2.18. The van der Waals surface area contributed by atoms with Crippen LogP contribution < -0.4 is 0 Å². The number of H-pyrrole nitrogens is 1. The van der Waals surface area contributed by atoms with E-state index in [1.165, 1.54) is 6.26 Å². The van der Waals surface area contributed by atoms with Gasteiger partial charge in [-0.3, -0.25) is 10.00 Å². The van der Waals surface area contributed by atoms with Crippen LogP contribution in [0.15, 0.2) is 0 Å². The first kappa shape index (κ1) is 13.4. The van der Waals surface area contributed by atoms with Crippen LogP contribution in [0.5, 0.6) is 0 Å². The van der Waals surface area contributed by atoms with Crippen molar-refractivity contribution in [3.05, 3.63) is 11.6 Å². The Balaban J connectivity index is 1.92. The molecule has 1 N–H and O–H groups in total. The van der Waals surface area contributed by atoms with Gasteiger partial charge < -0.3 is 4.74 Å². The molecule has 2 rings (SSSR count). The average molecular weight is 274 g/mol. The number of aryl methyl sites for hydroxylation is 1. The van der Waals surface area contributed by atoms with Crippen LogP contribution in [0.3, 0.4) is 0 Å². The lowest BCUT2D eigenvalue weighted by molar-refractivity contribution is -0.0321. The van der Waals surface area contributed by atoms with Crippen molar-refractivity contribution in [3.63, 3.8) is 0 Å². The minimum atomic E-state index is -2.92. The SMILES string of the molecule is Cc1nc([C@H]2CN(CCS(C)(=O)=O)CCO2)n[nH]1. The van der Waals surface area contributed by atoms with E-state index in [1.54, 1.807) is 0 Å². The fourth-order valence-electron chi connectivity index (χ4n) is 1.86. The van der Waals surface area contributed by atoms with Crippen molar-refractivity contribution in [1.82, 2.24) is 20.1 Å². The molecule has 1 aromatic rings. The largest absolute Gasteiger partial charge is 0.367 e. The molecular weight excluding hydrogens is 256 g/mol. The van der Waals surface area contributed by atoms with Crippen LogP contribution in [0.4, 0.5) is 0 Å². The molecule has 0 bridgehead atoms. The highest BCUT2D eigenvalue weighted by molar-refractivity contribution is 7.90. The highest BCUT2D eigenvalue weighted by Gasteiger charge is 2.25. The van der Waals surface area contributed by atoms with E-state index in [4.69, 9.17) is 4.74 Å². The van der Waals surface area contributed by atoms with Gasteiger partial charge in [-0.1, -0.05) is 0 Å². The van der Waals surface area contributed by atoms with Crippen molar-refractivity contribution in [2.24, 2.45) is 0 Å². The van der Waals surface area contributed by atoms with Crippen LogP contribution in [0, 0.1) is 6.92 Å². The van der Waals surface area contributed by atoms with Crippen molar-refractivity contribution in [2.75, 3.05) is 38.2 Å². The summed E-state index contributed by atoms with van der Waals surface area (Å²) in [6, 6.07) is 0. The second-order valence-electron chi connectivity index (χ2n) is 4.57. The number of morpholine rings is 1. The number of hydrogen-bond acceptors (Lipinski definition) is 6. The molecule has 0 radical (unpaired) electrons. The molecular formula is C10H18N4O3S. The minimum Gasteiger partial charge on any atom is -0.367 e. The number of hydrogen-bond donors (Lipinski definition) is 1. The molecule has 0 amide bonds. The van der Waals surface area contributed by atoms with Gasteiger partial charge in [0, 0.05) is 25.9 Å². The van der Waals surface area contributed by atoms with Gasteiger partial charge in [-0.15, -0.1) is 0 Å². The summed E-state index contributed by atoms with van der Waals surface area (Å²) in [6.45, 7) is 4.31. The molecule has 0 aromatic carbocycles. The van der Waals surface area contributed by atoms with Crippen LogP contribution in [-0.2, 0) is 14.6 Å². The molecule has 1 saturated heterocycles. The zero-order valence-corrected chi connectivity index (χ0v) is 11.4. The predicted octanol–water partition coefficient (Wildman–Crippen LogP) is -0.469. The van der Waals surface area contributed by atoms with Gasteiger partial charge in [-0.05, 0) is 6.92 Å². The van der Waals surface area contributed by atoms with Gasteiger partial charge in [0.1, 0.15) is 21.8 Å². The maximum absolute atomic E-state index is 11.1. The van der Waals surface area contributed by atoms with Crippen LogP contribution in [0.25, 0.3) is 0 Å². The van der Waals surface area contributed by atoms with Gasteiger partial charge in [-0.25, -0.2) is 13.4 Å². The fraction of sp³-hybridized carbons (Fsp3) is 0.800. The quantitative estimate of drug-likeness (QED) is 0.798. The van der Waals surface area contributed by atoms with E-state index in [2.05, 4.69) is 20.1 Å². The molecule has 8 heteroatoms. The molecule has 7 nitrogen and oxygen atoms in total. The average Bonchev–Trinajstić information content (AvgIpc) is 2.73. The molecule has 0 saturated carbocycles. The van der Waals surface area contributed by atoms with Gasteiger partial charge in [0.2, 0.25) is 0 Å². The third kappa shape index (κ3) is 3.76. The highest BCUT2D eigenvalue weighted by atomic mass is 32.2. The number of nitrogens with zero attached hydrogens (tertiary/aromatic N) is 3. The molecule has 1 fully saturated rings. The van der Waals surface area contributed by atoms with E-state index >= 15 is 0 Å². The Morgan fingerprint density at radius 1 is 1.56 bits per heavy atom. The smallest absolute Gasteiger partial charge is 0.180 e. The van der Waals surface area contributed by atoms with Crippen molar-refractivity contribution in [3.8, 4) is 0 Å². The first-order valence-corrected chi connectivity index (χ1v) is 7.91. The number of ether oxygens (including phenoxy) is 1. The number of sulfone groups is 1. The van der Waals surface area contributed by atoms with Crippen molar-refractivity contribution in [2.45, 2.75) is 13.0 Å². The van der Waals surface area contributed by atoms with Crippen LogP contribution in [-0.4, -0.2) is 66.7 Å². The Morgan fingerprint density at radius 2 is 2.33 bits per heavy atom. The second-order valence-corrected chi connectivity index (χ2v) is 6.83. The van der Waals surface area contributed by atoms with Crippen molar-refractivity contribution < 1.29 is 13.2 Å². The standard InChI is InChI=1S/C10H18N4O3S/c1-8-11-10(13-12-8)9-7-14(3-5-17-9)4-6-18(2,15)16/h9H,3-7H2,1-2H3,(H,11,12,13)/t9-/m1/s1. The van der Waals surface area contributed by atoms with Gasteiger partial charge >= 0.3 is 0 Å². The Hall–Kier alpha value is -0.990. The molecule has 0 spiro atoms. The lowest BCUT2D eigenvalue weighted by atomic mass is 10.2. The van der Waals surface area contributed by atoms with Crippen LogP contribution in [0.2, 0.25) is 0 Å². The molecule has 1 aliphatic rings. The predicted molar refractivity (Wildman–Crippen MR) is 66.0 cm³/mol. The molecule has 2 heterocycles. The lowest BCUT2D eigenvalue weighted by Gasteiger charge is -2.31. The van der Waals surface area contributed by atoms with E-state index < -0.39 is 9.84 Å². The first-order valence-electron chi connectivity index (χ1n) is 5.84. The molecule has 18 heavy (non-hydrogen) atoms. The number of rotatable bonds is 4. The summed E-state index contributed by atoms with van der Waals surface area (Å²) in [6.07, 6.45) is 1.08. The molecule has 102 valence electrons. The summed E-state index contributed by atoms with van der Waals surface area (Å²) in [5.74, 6) is 1.56. The maximum Gasteiger partial charge on any atom is 0.180 e. The third-order valence-electron chi connectivity index (χ3n) is 2.83. The molecule has 1 aliphatic heterocycles. The minimum absolute atomic E-state index is 0.173. The summed E-state index contributed by atoms with van der Waals surface area (Å²) in [5.41, 5.74) is 0. The van der Waals surface area contributed by atoms with E-state index in [9.17, 15) is 8.42 Å². The van der Waals surface area contributed by atoms with E-state index in [-0.39, 0.29) is 11.9 Å². The lowest BCUT2D eigenvalue weighted by Crippen LogP contribution is -2.41.